The molecule has 1 aliphatic carbocycles. The van der Waals surface area contributed by atoms with Gasteiger partial charge in [0.25, 0.3) is 0 Å². The zero-order chi connectivity index (χ0) is 23.8. The van der Waals surface area contributed by atoms with Gasteiger partial charge in [-0.15, -0.1) is 0 Å². The number of hydrogen-bond acceptors (Lipinski definition) is 4. The third-order valence-electron chi connectivity index (χ3n) is 6.41. The molecule has 3 aromatic rings. The Bertz CT molecular complexity index is 1110. The highest BCUT2D eigenvalue weighted by Gasteiger charge is 2.16. The maximum atomic E-state index is 12.7. The lowest BCUT2D eigenvalue weighted by molar-refractivity contribution is -0.115. The molecule has 0 atom stereocenters. The van der Waals surface area contributed by atoms with Crippen LogP contribution in [-0.4, -0.2) is 26.2 Å². The first-order chi connectivity index (χ1) is 16.7. The molecule has 1 saturated carbocycles. The van der Waals surface area contributed by atoms with Gasteiger partial charge in [-0.1, -0.05) is 61.7 Å². The number of hydrogen-bond donors (Lipinski definition) is 2. The lowest BCUT2D eigenvalue weighted by Crippen LogP contribution is -2.14. The average molecular weight is 459 g/mol. The fourth-order valence-electron chi connectivity index (χ4n) is 4.69. The summed E-state index contributed by atoms with van der Waals surface area (Å²) in [7, 11) is 1.59. The monoisotopic (exact) mass is 458 g/mol. The third kappa shape index (κ3) is 6.17. The van der Waals surface area contributed by atoms with Crippen LogP contribution >= 0.6 is 0 Å². The van der Waals surface area contributed by atoms with Gasteiger partial charge in [-0.25, -0.2) is 0 Å². The number of amides is 1. The molecule has 1 fully saturated rings. The van der Waals surface area contributed by atoms with E-state index in [1.165, 1.54) is 43.2 Å². The van der Waals surface area contributed by atoms with Crippen LogP contribution < -0.4 is 20.5 Å². The molecule has 178 valence electrons. The first kappa shape index (κ1) is 23.8. The second-order valence-corrected chi connectivity index (χ2v) is 8.89. The number of benzene rings is 3. The van der Waals surface area contributed by atoms with E-state index >= 15 is 0 Å². The zero-order valence-corrected chi connectivity index (χ0v) is 19.9. The lowest BCUT2D eigenvalue weighted by Gasteiger charge is -2.22. The SMILES string of the molecule is COc1cc(CC(=O)Nc2cccc(-c3cccc(C4CCCCC4)c3)c2)ccc1OCCN. The molecule has 5 heteroatoms. The Hall–Kier alpha value is -3.31. The molecule has 5 nitrogen and oxygen atoms in total. The molecule has 0 saturated heterocycles. The van der Waals surface area contributed by atoms with Gasteiger partial charge in [0.1, 0.15) is 6.61 Å². The lowest BCUT2D eigenvalue weighted by atomic mass is 9.83. The van der Waals surface area contributed by atoms with Gasteiger partial charge in [0, 0.05) is 12.2 Å². The van der Waals surface area contributed by atoms with Crippen molar-refractivity contribution in [1.82, 2.24) is 0 Å². The van der Waals surface area contributed by atoms with Crippen LogP contribution in [0.4, 0.5) is 5.69 Å². The van der Waals surface area contributed by atoms with Gasteiger partial charge in [0.2, 0.25) is 5.91 Å². The van der Waals surface area contributed by atoms with Crippen molar-refractivity contribution in [2.45, 2.75) is 44.4 Å². The van der Waals surface area contributed by atoms with Crippen LogP contribution in [0.1, 0.15) is 49.1 Å². The molecule has 0 radical (unpaired) electrons. The number of ether oxygens (including phenoxy) is 2. The van der Waals surface area contributed by atoms with Crippen LogP contribution in [-0.2, 0) is 11.2 Å². The molecule has 3 aromatic carbocycles. The van der Waals surface area contributed by atoms with Gasteiger partial charge >= 0.3 is 0 Å². The third-order valence-corrected chi connectivity index (χ3v) is 6.41. The second-order valence-electron chi connectivity index (χ2n) is 8.89. The van der Waals surface area contributed by atoms with Crippen molar-refractivity contribution in [2.24, 2.45) is 5.73 Å². The van der Waals surface area contributed by atoms with Crippen LogP contribution in [0.2, 0.25) is 0 Å². The normalized spacial score (nSPS) is 13.9. The minimum atomic E-state index is -0.0780. The predicted molar refractivity (Wildman–Crippen MR) is 138 cm³/mol. The van der Waals surface area contributed by atoms with E-state index < -0.39 is 0 Å². The summed E-state index contributed by atoms with van der Waals surface area (Å²) < 4.78 is 11.0. The summed E-state index contributed by atoms with van der Waals surface area (Å²) >= 11 is 0. The number of nitrogens with two attached hydrogens (primary N) is 1. The van der Waals surface area contributed by atoms with E-state index in [-0.39, 0.29) is 12.3 Å². The highest BCUT2D eigenvalue weighted by molar-refractivity contribution is 5.93. The second kappa shape index (κ2) is 11.7. The van der Waals surface area contributed by atoms with E-state index in [0.29, 0.717) is 30.6 Å². The van der Waals surface area contributed by atoms with Gasteiger partial charge < -0.3 is 20.5 Å². The topological polar surface area (TPSA) is 73.6 Å². The van der Waals surface area contributed by atoms with Crippen LogP contribution in [0.15, 0.2) is 66.7 Å². The zero-order valence-electron chi connectivity index (χ0n) is 19.9. The van der Waals surface area contributed by atoms with Crippen molar-refractivity contribution >= 4 is 11.6 Å². The molecule has 3 N–H and O–H groups in total. The summed E-state index contributed by atoms with van der Waals surface area (Å²) in [4.78, 5) is 12.7. The Labute approximate surface area is 202 Å². The summed E-state index contributed by atoms with van der Waals surface area (Å²) in [5.41, 5.74) is 10.9. The maximum absolute atomic E-state index is 12.7. The molecule has 0 aliphatic heterocycles. The molecule has 0 aromatic heterocycles. The van der Waals surface area contributed by atoms with Crippen molar-refractivity contribution in [3.63, 3.8) is 0 Å². The smallest absolute Gasteiger partial charge is 0.228 e. The van der Waals surface area contributed by atoms with Crippen LogP contribution in [0, 0.1) is 0 Å². The molecule has 4 rings (SSSR count). The van der Waals surface area contributed by atoms with E-state index in [0.717, 1.165) is 16.8 Å². The predicted octanol–water partition coefficient (Wildman–Crippen LogP) is 5.93. The molecule has 0 bridgehead atoms. The average Bonchev–Trinajstić information content (AvgIpc) is 2.88. The fraction of sp³-hybridized carbons (Fsp3) is 0.345. The van der Waals surface area contributed by atoms with Crippen molar-refractivity contribution in [2.75, 3.05) is 25.6 Å². The molecule has 1 amide bonds. The summed E-state index contributed by atoms with van der Waals surface area (Å²) in [6.45, 7) is 0.841. The highest BCUT2D eigenvalue weighted by atomic mass is 16.5. The maximum Gasteiger partial charge on any atom is 0.228 e. The van der Waals surface area contributed by atoms with Crippen molar-refractivity contribution in [1.29, 1.82) is 0 Å². The van der Waals surface area contributed by atoms with E-state index in [1.54, 1.807) is 7.11 Å². The van der Waals surface area contributed by atoms with E-state index in [2.05, 4.69) is 35.6 Å². The first-order valence-electron chi connectivity index (χ1n) is 12.2. The molecule has 0 heterocycles. The molecular formula is C29H34N2O3. The quantitative estimate of drug-likeness (QED) is 0.417. The summed E-state index contributed by atoms with van der Waals surface area (Å²) in [5.74, 6) is 1.81. The molecule has 0 unspecified atom stereocenters. The van der Waals surface area contributed by atoms with Gasteiger partial charge in [0.15, 0.2) is 11.5 Å². The minimum Gasteiger partial charge on any atom is -0.493 e. The molecule has 0 spiro atoms. The Morgan fingerprint density at radius 2 is 1.71 bits per heavy atom. The number of methoxy groups -OCH3 is 1. The summed E-state index contributed by atoms with van der Waals surface area (Å²) in [5, 5.41) is 3.04. The molecular weight excluding hydrogens is 424 g/mol. The number of nitrogens with one attached hydrogen (secondary N) is 1. The number of anilines is 1. The summed E-state index contributed by atoms with van der Waals surface area (Å²) in [6, 6.07) is 22.5. The minimum absolute atomic E-state index is 0.0780. The van der Waals surface area contributed by atoms with Crippen molar-refractivity contribution in [3.05, 3.63) is 77.9 Å². The summed E-state index contributed by atoms with van der Waals surface area (Å²) in [6.07, 6.45) is 6.82. The highest BCUT2D eigenvalue weighted by Crippen LogP contribution is 2.35. The Balaban J connectivity index is 1.43. The van der Waals surface area contributed by atoms with Gasteiger partial charge in [-0.05, 0) is 65.3 Å². The van der Waals surface area contributed by atoms with E-state index in [4.69, 9.17) is 15.2 Å². The van der Waals surface area contributed by atoms with Crippen LogP contribution in [0.3, 0.4) is 0 Å². The Morgan fingerprint density at radius 1 is 0.941 bits per heavy atom. The van der Waals surface area contributed by atoms with Crippen molar-refractivity contribution in [3.8, 4) is 22.6 Å². The van der Waals surface area contributed by atoms with Crippen LogP contribution in [0.5, 0.6) is 11.5 Å². The number of carbonyl (C=O) groups is 1. The Kier molecular flexibility index (Phi) is 8.21. The van der Waals surface area contributed by atoms with Gasteiger partial charge in [-0.3, -0.25) is 4.79 Å². The van der Waals surface area contributed by atoms with Gasteiger partial charge in [-0.2, -0.15) is 0 Å². The largest absolute Gasteiger partial charge is 0.493 e. The molecule has 1 aliphatic rings. The Morgan fingerprint density at radius 3 is 2.47 bits per heavy atom. The van der Waals surface area contributed by atoms with Crippen molar-refractivity contribution < 1.29 is 14.3 Å². The molecule has 34 heavy (non-hydrogen) atoms. The van der Waals surface area contributed by atoms with Gasteiger partial charge in [0.05, 0.1) is 13.5 Å². The van der Waals surface area contributed by atoms with E-state index in [1.807, 2.05) is 36.4 Å². The van der Waals surface area contributed by atoms with Crippen LogP contribution in [0.25, 0.3) is 11.1 Å². The number of carbonyl (C=O) groups excluding carboxylic acids is 1. The standard InChI is InChI=1S/C29H34N2O3/c1-33-28-17-21(13-14-27(28)34-16-15-30)18-29(32)31-26-12-6-11-25(20-26)24-10-5-9-23(19-24)22-7-3-2-4-8-22/h5-6,9-14,17,19-20,22H,2-4,7-8,15-16,18,30H2,1H3,(H,31,32). The number of rotatable bonds is 9. The first-order valence-corrected chi connectivity index (χ1v) is 12.2. The van der Waals surface area contributed by atoms with E-state index in [9.17, 15) is 4.79 Å². The fourth-order valence-corrected chi connectivity index (χ4v) is 4.69.